The number of nitrogens with zero attached hydrogens (tertiary/aromatic N) is 2. The molecule has 0 aliphatic rings. The zero-order valence-corrected chi connectivity index (χ0v) is 10.7. The van der Waals surface area contributed by atoms with E-state index in [1.54, 1.807) is 17.8 Å². The molecule has 3 rings (SSSR count). The fourth-order valence-electron chi connectivity index (χ4n) is 2.04. The van der Waals surface area contributed by atoms with Crippen LogP contribution in [0, 0.1) is 0 Å². The SMILES string of the molecule is Cn1cc2nc3c(Br)cccc3c(N)c2c1O. The normalized spacial score (nSPS) is 11.4. The molecule has 0 bridgehead atoms. The van der Waals surface area contributed by atoms with E-state index in [1.807, 2.05) is 18.2 Å². The molecule has 0 saturated carbocycles. The molecule has 0 aliphatic carbocycles. The van der Waals surface area contributed by atoms with Gasteiger partial charge in [-0.3, -0.25) is 0 Å². The summed E-state index contributed by atoms with van der Waals surface area (Å²) in [5.74, 6) is 0.145. The van der Waals surface area contributed by atoms with E-state index in [4.69, 9.17) is 5.73 Å². The standard InChI is InChI=1S/C12H10BrN3O/c1-16-5-8-9(12(16)17)10(14)6-3-2-4-7(13)11(6)15-8/h2-5,17H,14H2,1H3. The average molecular weight is 292 g/mol. The van der Waals surface area contributed by atoms with Gasteiger partial charge in [0.1, 0.15) is 0 Å². The third-order valence-electron chi connectivity index (χ3n) is 2.91. The Labute approximate surface area is 106 Å². The van der Waals surface area contributed by atoms with Crippen LogP contribution >= 0.6 is 15.9 Å². The van der Waals surface area contributed by atoms with Gasteiger partial charge in [-0.15, -0.1) is 0 Å². The Balaban J connectivity index is 2.62. The number of para-hydroxylation sites is 1. The van der Waals surface area contributed by atoms with Crippen molar-refractivity contribution in [2.24, 2.45) is 7.05 Å². The fourth-order valence-corrected chi connectivity index (χ4v) is 2.50. The van der Waals surface area contributed by atoms with E-state index >= 15 is 0 Å². The molecule has 0 fully saturated rings. The minimum absolute atomic E-state index is 0.145. The summed E-state index contributed by atoms with van der Waals surface area (Å²) in [6.45, 7) is 0. The van der Waals surface area contributed by atoms with Crippen LogP contribution in [0.3, 0.4) is 0 Å². The summed E-state index contributed by atoms with van der Waals surface area (Å²) in [6, 6.07) is 5.72. The summed E-state index contributed by atoms with van der Waals surface area (Å²) in [5, 5.41) is 11.4. The van der Waals surface area contributed by atoms with Crippen molar-refractivity contribution >= 4 is 43.4 Å². The molecule has 3 aromatic rings. The van der Waals surface area contributed by atoms with Gasteiger partial charge in [-0.2, -0.15) is 0 Å². The number of aryl methyl sites for hydroxylation is 1. The molecular weight excluding hydrogens is 282 g/mol. The number of pyridine rings is 1. The molecule has 2 aromatic heterocycles. The molecule has 1 aromatic carbocycles. The minimum atomic E-state index is 0.145. The largest absolute Gasteiger partial charge is 0.494 e. The second-order valence-electron chi connectivity index (χ2n) is 3.99. The number of nitrogens with two attached hydrogens (primary N) is 1. The van der Waals surface area contributed by atoms with Gasteiger partial charge in [0, 0.05) is 23.1 Å². The molecule has 17 heavy (non-hydrogen) atoms. The van der Waals surface area contributed by atoms with Gasteiger partial charge >= 0.3 is 0 Å². The molecule has 4 nitrogen and oxygen atoms in total. The van der Waals surface area contributed by atoms with Gasteiger partial charge in [-0.1, -0.05) is 12.1 Å². The number of rotatable bonds is 0. The first-order chi connectivity index (χ1) is 8.09. The molecule has 86 valence electrons. The van der Waals surface area contributed by atoms with Crippen LogP contribution in [0.25, 0.3) is 21.8 Å². The van der Waals surface area contributed by atoms with E-state index in [2.05, 4.69) is 20.9 Å². The molecule has 0 aliphatic heterocycles. The summed E-state index contributed by atoms with van der Waals surface area (Å²) in [6.07, 6.45) is 1.76. The zero-order valence-electron chi connectivity index (χ0n) is 9.11. The number of nitrogen functional groups attached to an aromatic ring is 1. The van der Waals surface area contributed by atoms with Crippen molar-refractivity contribution in [2.45, 2.75) is 0 Å². The molecule has 0 unspecified atom stereocenters. The maximum Gasteiger partial charge on any atom is 0.202 e. The Kier molecular flexibility index (Phi) is 2.06. The Morgan fingerprint density at radius 3 is 2.94 bits per heavy atom. The molecule has 0 radical (unpaired) electrons. The molecular formula is C12H10BrN3O. The van der Waals surface area contributed by atoms with Gasteiger partial charge < -0.3 is 15.4 Å². The predicted molar refractivity (Wildman–Crippen MR) is 72.0 cm³/mol. The lowest BCUT2D eigenvalue weighted by atomic mass is 10.1. The summed E-state index contributed by atoms with van der Waals surface area (Å²) < 4.78 is 2.51. The number of fused-ring (bicyclic) bond motifs is 2. The molecule has 0 saturated heterocycles. The Morgan fingerprint density at radius 2 is 2.18 bits per heavy atom. The summed E-state index contributed by atoms with van der Waals surface area (Å²) >= 11 is 3.45. The van der Waals surface area contributed by atoms with E-state index in [9.17, 15) is 5.11 Å². The summed E-state index contributed by atoms with van der Waals surface area (Å²) in [4.78, 5) is 4.51. The van der Waals surface area contributed by atoms with Crippen LogP contribution < -0.4 is 5.73 Å². The maximum atomic E-state index is 9.94. The van der Waals surface area contributed by atoms with Crippen LogP contribution in [0.5, 0.6) is 5.88 Å². The predicted octanol–water partition coefficient (Wildman–Crippen LogP) is 2.78. The highest BCUT2D eigenvalue weighted by Crippen LogP contribution is 2.36. The Hall–Kier alpha value is -1.75. The van der Waals surface area contributed by atoms with Crippen LogP contribution in [0.1, 0.15) is 0 Å². The highest BCUT2D eigenvalue weighted by atomic mass is 79.9. The third kappa shape index (κ3) is 1.32. The highest BCUT2D eigenvalue weighted by molar-refractivity contribution is 9.10. The minimum Gasteiger partial charge on any atom is -0.494 e. The van der Waals surface area contributed by atoms with Crippen molar-refractivity contribution in [2.75, 3.05) is 5.73 Å². The van der Waals surface area contributed by atoms with Gasteiger partial charge in [0.2, 0.25) is 5.88 Å². The second kappa shape index (κ2) is 3.37. The lowest BCUT2D eigenvalue weighted by molar-refractivity contribution is 0.438. The number of anilines is 1. The van der Waals surface area contributed by atoms with Gasteiger partial charge in [-0.05, 0) is 22.0 Å². The first-order valence-corrected chi connectivity index (χ1v) is 5.90. The zero-order chi connectivity index (χ0) is 12.2. The third-order valence-corrected chi connectivity index (χ3v) is 3.55. The number of aromatic hydroxyl groups is 1. The Morgan fingerprint density at radius 1 is 1.41 bits per heavy atom. The van der Waals surface area contributed by atoms with E-state index < -0.39 is 0 Å². The number of aromatic nitrogens is 2. The quantitative estimate of drug-likeness (QED) is 0.669. The lowest BCUT2D eigenvalue weighted by Crippen LogP contribution is -1.91. The Bertz CT molecular complexity index is 748. The first kappa shape index (κ1) is 10.4. The molecule has 0 amide bonds. The van der Waals surface area contributed by atoms with E-state index in [1.165, 1.54) is 0 Å². The van der Waals surface area contributed by atoms with E-state index in [-0.39, 0.29) is 5.88 Å². The van der Waals surface area contributed by atoms with Crippen molar-refractivity contribution in [3.8, 4) is 5.88 Å². The number of halogens is 1. The van der Waals surface area contributed by atoms with Crippen LogP contribution in [0.4, 0.5) is 5.69 Å². The van der Waals surface area contributed by atoms with Crippen LogP contribution in [-0.4, -0.2) is 14.7 Å². The molecule has 2 heterocycles. The van der Waals surface area contributed by atoms with E-state index in [0.29, 0.717) is 16.6 Å². The summed E-state index contributed by atoms with van der Waals surface area (Å²) in [7, 11) is 1.76. The van der Waals surface area contributed by atoms with Crippen molar-refractivity contribution < 1.29 is 5.11 Å². The smallest absolute Gasteiger partial charge is 0.202 e. The molecule has 3 N–H and O–H groups in total. The monoisotopic (exact) mass is 291 g/mol. The first-order valence-electron chi connectivity index (χ1n) is 5.11. The van der Waals surface area contributed by atoms with Gasteiger partial charge in [0.25, 0.3) is 0 Å². The van der Waals surface area contributed by atoms with Gasteiger partial charge in [0.05, 0.1) is 22.1 Å². The average Bonchev–Trinajstić information content (AvgIpc) is 2.57. The molecule has 0 spiro atoms. The maximum absolute atomic E-state index is 9.94. The molecule has 0 atom stereocenters. The van der Waals surface area contributed by atoms with Crippen molar-refractivity contribution in [3.05, 3.63) is 28.9 Å². The van der Waals surface area contributed by atoms with Crippen molar-refractivity contribution in [1.29, 1.82) is 0 Å². The van der Waals surface area contributed by atoms with Crippen LogP contribution in [0.2, 0.25) is 0 Å². The second-order valence-corrected chi connectivity index (χ2v) is 4.84. The lowest BCUT2D eigenvalue weighted by Gasteiger charge is -2.05. The van der Waals surface area contributed by atoms with Crippen molar-refractivity contribution in [3.63, 3.8) is 0 Å². The van der Waals surface area contributed by atoms with E-state index in [0.717, 1.165) is 15.4 Å². The number of hydrogen-bond donors (Lipinski definition) is 2. The van der Waals surface area contributed by atoms with Crippen LogP contribution in [-0.2, 0) is 7.05 Å². The van der Waals surface area contributed by atoms with Gasteiger partial charge in [0.15, 0.2) is 0 Å². The number of benzene rings is 1. The molecule has 5 heteroatoms. The highest BCUT2D eigenvalue weighted by Gasteiger charge is 2.14. The number of hydrogen-bond acceptors (Lipinski definition) is 3. The summed E-state index contributed by atoms with van der Waals surface area (Å²) in [5.41, 5.74) is 8.17. The van der Waals surface area contributed by atoms with Crippen molar-refractivity contribution in [1.82, 2.24) is 9.55 Å². The van der Waals surface area contributed by atoms with Gasteiger partial charge in [-0.25, -0.2) is 4.98 Å². The topological polar surface area (TPSA) is 64.1 Å². The van der Waals surface area contributed by atoms with Crippen LogP contribution in [0.15, 0.2) is 28.9 Å². The fraction of sp³-hybridized carbons (Fsp3) is 0.0833.